The summed E-state index contributed by atoms with van der Waals surface area (Å²) in [6.45, 7) is 0.690. The van der Waals surface area contributed by atoms with Crippen molar-refractivity contribution in [3.05, 3.63) is 0 Å². The Morgan fingerprint density at radius 2 is 2.30 bits per heavy atom. The van der Waals surface area contributed by atoms with Gasteiger partial charge in [-0.15, -0.1) is 0 Å². The number of ether oxygens (including phenoxy) is 1. The first-order chi connectivity index (χ1) is 4.86. The van der Waals surface area contributed by atoms with Gasteiger partial charge >= 0.3 is 5.97 Å². The molecule has 0 spiro atoms. The summed E-state index contributed by atoms with van der Waals surface area (Å²) >= 11 is 0. The lowest BCUT2D eigenvalue weighted by Crippen LogP contribution is -2.33. The first-order valence-electron chi connectivity index (χ1n) is 4.03. The van der Waals surface area contributed by atoms with Crippen LogP contribution >= 0.6 is 0 Å². The summed E-state index contributed by atoms with van der Waals surface area (Å²) in [4.78, 5) is 11.0. The van der Waals surface area contributed by atoms with E-state index >= 15 is 0 Å². The zero-order valence-corrected chi connectivity index (χ0v) is 6.01. The molecule has 0 unspecified atom stereocenters. The average Bonchev–Trinajstić information content (AvgIpc) is 1.99. The second kappa shape index (κ2) is 2.26. The Balaban J connectivity index is 2.07. The minimum Gasteiger partial charge on any atom is -0.465 e. The number of carbonyl (C=O) groups is 1. The minimum atomic E-state index is 0.0518. The second-order valence-corrected chi connectivity index (χ2v) is 3.36. The molecule has 2 fully saturated rings. The van der Waals surface area contributed by atoms with Crippen LogP contribution in [0, 0.1) is 11.8 Å². The number of cyclic esters (lactones) is 1. The molecule has 0 aromatic rings. The number of hydrogen-bond donors (Lipinski definition) is 0. The molecule has 56 valence electrons. The van der Waals surface area contributed by atoms with Gasteiger partial charge in [0.05, 0.1) is 12.5 Å². The molecule has 0 N–H and O–H groups in total. The van der Waals surface area contributed by atoms with Crippen LogP contribution in [0.1, 0.15) is 25.7 Å². The number of rotatable bonds is 0. The molecule has 1 aliphatic carbocycles. The van der Waals surface area contributed by atoms with E-state index < -0.39 is 0 Å². The zero-order valence-electron chi connectivity index (χ0n) is 6.01. The first kappa shape index (κ1) is 6.20. The van der Waals surface area contributed by atoms with Gasteiger partial charge in [0.25, 0.3) is 0 Å². The molecule has 1 saturated heterocycles. The molecule has 0 aromatic carbocycles. The van der Waals surface area contributed by atoms with Crippen molar-refractivity contribution in [2.24, 2.45) is 11.8 Å². The molecule has 1 saturated carbocycles. The second-order valence-electron chi connectivity index (χ2n) is 3.36. The molecule has 0 aromatic heterocycles. The smallest absolute Gasteiger partial charge is 0.308 e. The normalized spacial score (nSPS) is 39.0. The molecule has 2 aliphatic rings. The highest BCUT2D eigenvalue weighted by molar-refractivity contribution is 5.73. The van der Waals surface area contributed by atoms with Gasteiger partial charge in [0.2, 0.25) is 0 Å². The Hall–Kier alpha value is -0.530. The third-order valence-corrected chi connectivity index (χ3v) is 2.58. The molecule has 0 radical (unpaired) electrons. The summed E-state index contributed by atoms with van der Waals surface area (Å²) in [6, 6.07) is 0. The topological polar surface area (TPSA) is 26.3 Å². The van der Waals surface area contributed by atoms with Crippen LogP contribution in [0.3, 0.4) is 0 Å². The maximum atomic E-state index is 11.0. The van der Waals surface area contributed by atoms with Crippen molar-refractivity contribution in [3.63, 3.8) is 0 Å². The van der Waals surface area contributed by atoms with E-state index in [9.17, 15) is 4.79 Å². The largest absolute Gasteiger partial charge is 0.465 e. The molecule has 2 nitrogen and oxygen atoms in total. The highest BCUT2D eigenvalue weighted by Gasteiger charge is 2.33. The fourth-order valence-electron chi connectivity index (χ4n) is 1.97. The van der Waals surface area contributed by atoms with Gasteiger partial charge in [0.1, 0.15) is 0 Å². The maximum Gasteiger partial charge on any atom is 0.308 e. The molecular formula is C8H12O2. The SMILES string of the molecule is O=C1OC[C@@H]2CCC[C@H]1C2. The number of esters is 1. The van der Waals surface area contributed by atoms with Crippen LogP contribution in [0.25, 0.3) is 0 Å². The Morgan fingerprint density at radius 3 is 3.10 bits per heavy atom. The first-order valence-corrected chi connectivity index (χ1v) is 4.03. The molecule has 10 heavy (non-hydrogen) atoms. The molecule has 2 atom stereocenters. The van der Waals surface area contributed by atoms with Crippen LogP contribution in [-0.2, 0) is 9.53 Å². The summed E-state index contributed by atoms with van der Waals surface area (Å²) in [5, 5.41) is 0. The lowest BCUT2D eigenvalue weighted by Gasteiger charge is -2.32. The van der Waals surface area contributed by atoms with Crippen molar-refractivity contribution in [2.75, 3.05) is 6.61 Å². The van der Waals surface area contributed by atoms with Crippen LogP contribution in [0.5, 0.6) is 0 Å². The van der Waals surface area contributed by atoms with E-state index in [1.54, 1.807) is 0 Å². The molecule has 2 heteroatoms. The molecule has 2 rings (SSSR count). The summed E-state index contributed by atoms with van der Waals surface area (Å²) in [5.74, 6) is 1.000. The third kappa shape index (κ3) is 0.917. The van der Waals surface area contributed by atoms with Gasteiger partial charge in [0.15, 0.2) is 0 Å². The lowest BCUT2D eigenvalue weighted by molar-refractivity contribution is -0.158. The van der Waals surface area contributed by atoms with Gasteiger partial charge < -0.3 is 4.74 Å². The summed E-state index contributed by atoms with van der Waals surface area (Å²) < 4.78 is 5.01. The maximum absolute atomic E-state index is 11.0. The predicted molar refractivity (Wildman–Crippen MR) is 36.4 cm³/mol. The molecule has 0 amide bonds. The molecule has 1 aliphatic heterocycles. The number of hydrogen-bond acceptors (Lipinski definition) is 2. The van der Waals surface area contributed by atoms with E-state index in [-0.39, 0.29) is 11.9 Å². The van der Waals surface area contributed by atoms with Crippen molar-refractivity contribution in [2.45, 2.75) is 25.7 Å². The Kier molecular flexibility index (Phi) is 1.40. The highest BCUT2D eigenvalue weighted by Crippen LogP contribution is 2.33. The fourth-order valence-corrected chi connectivity index (χ4v) is 1.97. The van der Waals surface area contributed by atoms with Crippen LogP contribution in [0.4, 0.5) is 0 Å². The number of carbonyl (C=O) groups excluding carboxylic acids is 1. The van der Waals surface area contributed by atoms with Crippen LogP contribution < -0.4 is 0 Å². The van der Waals surface area contributed by atoms with E-state index in [0.29, 0.717) is 12.5 Å². The Labute approximate surface area is 60.6 Å². The van der Waals surface area contributed by atoms with Crippen molar-refractivity contribution < 1.29 is 9.53 Å². The van der Waals surface area contributed by atoms with Crippen molar-refractivity contribution in [1.29, 1.82) is 0 Å². The van der Waals surface area contributed by atoms with Crippen molar-refractivity contribution in [1.82, 2.24) is 0 Å². The van der Waals surface area contributed by atoms with E-state index in [0.717, 1.165) is 12.8 Å². The highest BCUT2D eigenvalue weighted by atomic mass is 16.5. The van der Waals surface area contributed by atoms with Crippen LogP contribution in [0.15, 0.2) is 0 Å². The monoisotopic (exact) mass is 140 g/mol. The van der Waals surface area contributed by atoms with Crippen molar-refractivity contribution in [3.8, 4) is 0 Å². The average molecular weight is 140 g/mol. The van der Waals surface area contributed by atoms with E-state index in [4.69, 9.17) is 4.74 Å². The quantitative estimate of drug-likeness (QED) is 0.475. The van der Waals surface area contributed by atoms with Gasteiger partial charge in [-0.2, -0.15) is 0 Å². The fraction of sp³-hybridized carbons (Fsp3) is 0.875. The van der Waals surface area contributed by atoms with E-state index in [2.05, 4.69) is 0 Å². The van der Waals surface area contributed by atoms with Gasteiger partial charge in [-0.25, -0.2) is 0 Å². The van der Waals surface area contributed by atoms with Gasteiger partial charge in [-0.05, 0) is 25.2 Å². The predicted octanol–water partition coefficient (Wildman–Crippen LogP) is 1.35. The minimum absolute atomic E-state index is 0.0518. The van der Waals surface area contributed by atoms with E-state index in [1.165, 1.54) is 12.8 Å². The zero-order chi connectivity index (χ0) is 6.97. The molecular weight excluding hydrogens is 128 g/mol. The molecule has 1 heterocycles. The standard InChI is InChI=1S/C8H12O2/c9-8-7-3-1-2-6(4-7)5-10-8/h6-7H,1-5H2/t6-,7+/m1/s1. The van der Waals surface area contributed by atoms with Crippen LogP contribution in [-0.4, -0.2) is 12.6 Å². The van der Waals surface area contributed by atoms with E-state index in [1.807, 2.05) is 0 Å². The number of fused-ring (bicyclic) bond motifs is 2. The van der Waals surface area contributed by atoms with Gasteiger partial charge in [-0.3, -0.25) is 4.79 Å². The molecule has 2 bridgehead atoms. The summed E-state index contributed by atoms with van der Waals surface area (Å²) in [5.41, 5.74) is 0. The van der Waals surface area contributed by atoms with Crippen LogP contribution in [0.2, 0.25) is 0 Å². The van der Waals surface area contributed by atoms with Crippen molar-refractivity contribution >= 4 is 5.97 Å². The van der Waals surface area contributed by atoms with Gasteiger partial charge in [0, 0.05) is 0 Å². The summed E-state index contributed by atoms with van der Waals surface area (Å²) in [7, 11) is 0. The lowest BCUT2D eigenvalue weighted by atomic mass is 9.80. The Bertz CT molecular complexity index is 153. The summed E-state index contributed by atoms with van der Waals surface area (Å²) in [6.07, 6.45) is 4.66. The third-order valence-electron chi connectivity index (χ3n) is 2.58. The Morgan fingerprint density at radius 1 is 1.40 bits per heavy atom. The van der Waals surface area contributed by atoms with Gasteiger partial charge in [-0.1, -0.05) is 6.42 Å².